The van der Waals surface area contributed by atoms with Crippen LogP contribution in [0.25, 0.3) is 182 Å². The number of aromatic nitrogens is 6. The molecule has 0 radical (unpaired) electrons. The predicted octanol–water partition coefficient (Wildman–Crippen LogP) is 19.9. The average molecular weight is 1080 g/mol. The maximum Gasteiger partial charge on any atom is 0.164 e. The van der Waals surface area contributed by atoms with E-state index in [-0.39, 0.29) is 0 Å². The van der Waals surface area contributed by atoms with Crippen LogP contribution in [0.3, 0.4) is 0 Å². The summed E-state index contributed by atoms with van der Waals surface area (Å²) in [5, 5.41) is 13.3. The minimum atomic E-state index is 0.541. The van der Waals surface area contributed by atoms with Gasteiger partial charge in [0, 0.05) is 82.2 Å². The van der Waals surface area contributed by atoms with E-state index >= 15 is 0 Å². The van der Waals surface area contributed by atoms with Gasteiger partial charge in [-0.1, -0.05) is 146 Å². The van der Waals surface area contributed by atoms with Crippen LogP contribution in [-0.4, -0.2) is 28.7 Å². The van der Waals surface area contributed by atoms with Crippen molar-refractivity contribution >= 4 is 131 Å². The maximum absolute atomic E-state index is 6.51. The Morgan fingerprint density at radius 2 is 0.512 bits per heavy atom. The van der Waals surface area contributed by atoms with Gasteiger partial charge in [0.05, 0.1) is 49.3 Å². The number of hydrogen-bond acceptors (Lipinski definition) is 6. The normalized spacial score (nSPS) is 12.3. The summed E-state index contributed by atoms with van der Waals surface area (Å²) in [6, 6.07) is 89.4. The van der Waals surface area contributed by atoms with Gasteiger partial charge in [-0.15, -0.1) is 0 Å². The Labute approximate surface area is 476 Å². The fraction of sp³-hybridized carbons (Fsp3) is 0. The van der Waals surface area contributed by atoms with Crippen molar-refractivity contribution in [1.82, 2.24) is 28.7 Å². The average Bonchev–Trinajstić information content (AvgIpc) is 2.80. The molecule has 9 heteroatoms. The summed E-state index contributed by atoms with van der Waals surface area (Å²) >= 11 is 0. The van der Waals surface area contributed by atoms with Gasteiger partial charge in [0.25, 0.3) is 0 Å². The van der Waals surface area contributed by atoms with Gasteiger partial charge in [-0.2, -0.15) is 0 Å². The van der Waals surface area contributed by atoms with Crippen LogP contribution in [-0.2, 0) is 0 Å². The van der Waals surface area contributed by atoms with Gasteiger partial charge in [0.1, 0.15) is 33.5 Å². The van der Waals surface area contributed by atoms with Crippen molar-refractivity contribution in [1.29, 1.82) is 0 Å². The predicted molar refractivity (Wildman–Crippen MR) is 341 cm³/mol. The van der Waals surface area contributed by atoms with Crippen molar-refractivity contribution in [3.05, 3.63) is 255 Å². The molecule has 84 heavy (non-hydrogen) atoms. The lowest BCUT2D eigenvalue weighted by Crippen LogP contribution is -2.02. The van der Waals surface area contributed by atoms with E-state index in [1.807, 2.05) is 36.4 Å². The first-order valence-corrected chi connectivity index (χ1v) is 28.2. The lowest BCUT2D eigenvalue weighted by molar-refractivity contribution is 0.669. The molecule has 9 nitrogen and oxygen atoms in total. The first kappa shape index (κ1) is 45.2. The molecule has 19 rings (SSSR count). The number of nitrogens with zero attached hydrogens (tertiary/aromatic N) is 6. The summed E-state index contributed by atoms with van der Waals surface area (Å²) in [6.07, 6.45) is 0. The van der Waals surface area contributed by atoms with Gasteiger partial charge < -0.3 is 27.0 Å². The molecule has 0 fully saturated rings. The third kappa shape index (κ3) is 6.34. The van der Waals surface area contributed by atoms with Crippen molar-refractivity contribution in [2.45, 2.75) is 0 Å². The van der Waals surface area contributed by atoms with Crippen molar-refractivity contribution in [2.24, 2.45) is 0 Å². The maximum atomic E-state index is 6.51. The molecule has 0 bridgehead atoms. The summed E-state index contributed by atoms with van der Waals surface area (Å²) < 4.78 is 26.6. The van der Waals surface area contributed by atoms with Crippen molar-refractivity contribution < 1.29 is 13.3 Å². The monoisotopic (exact) mass is 1070 g/mol. The smallest absolute Gasteiger partial charge is 0.164 e. The fourth-order valence-corrected chi connectivity index (χ4v) is 13.7. The van der Waals surface area contributed by atoms with Crippen molar-refractivity contribution in [3.8, 4) is 51.2 Å². The zero-order valence-electron chi connectivity index (χ0n) is 44.7. The lowest BCUT2D eigenvalue weighted by Gasteiger charge is -2.14. The van der Waals surface area contributed by atoms with E-state index in [1.54, 1.807) is 0 Å². The SMILES string of the molecule is c1cc(-c2nc(-c3cccc(-n4c5ccccc5c5ccc6oc7ccccc7c6c54)c3)nc(-c3cccc(-n4c5ccccc5c5ccc6oc7ccccc7c6c54)c3)n2)cc(-n2c3ccccc3c3ccc4oc5ccccc5c4c32)c1. The molecule has 0 atom stereocenters. The minimum Gasteiger partial charge on any atom is -0.456 e. The zero-order chi connectivity index (χ0) is 54.7. The molecule has 390 valence electrons. The van der Waals surface area contributed by atoms with Gasteiger partial charge in [0.2, 0.25) is 0 Å². The fourth-order valence-electron chi connectivity index (χ4n) is 13.7. The van der Waals surface area contributed by atoms with E-state index in [4.69, 9.17) is 28.2 Å². The van der Waals surface area contributed by atoms with Gasteiger partial charge in [-0.25, -0.2) is 15.0 Å². The summed E-state index contributed by atoms with van der Waals surface area (Å²) in [6.45, 7) is 0. The molecule has 0 amide bonds. The Balaban J connectivity index is 0.847. The number of hydrogen-bond donors (Lipinski definition) is 0. The Morgan fingerprint density at radius 1 is 0.226 bits per heavy atom. The van der Waals surface area contributed by atoms with Gasteiger partial charge in [-0.3, -0.25) is 0 Å². The standard InChI is InChI=1S/C75H42N6O3/c1-7-28-58-49(22-1)52-34-37-64-67(55-25-4-10-31-61(55)82-64)70(52)79(58)46-19-13-16-43(40-46)73-76-74(44-17-14-20-47(41-44)80-59-29-8-2-23-50(59)53-35-38-65-68(71(53)80)56-26-5-11-32-62(56)83-65)78-75(77-73)45-18-15-21-48(42-45)81-60-30-9-3-24-51(60)54-36-39-66-69(72(54)81)57-27-6-12-33-63(57)84-66/h1-42H. The van der Waals surface area contributed by atoms with Crippen molar-refractivity contribution in [3.63, 3.8) is 0 Å². The molecule has 0 unspecified atom stereocenters. The molecule has 12 aromatic carbocycles. The Kier molecular flexibility index (Phi) is 9.15. The largest absolute Gasteiger partial charge is 0.456 e. The third-order valence-corrected chi connectivity index (χ3v) is 17.2. The molecule has 0 N–H and O–H groups in total. The highest BCUT2D eigenvalue weighted by molar-refractivity contribution is 6.27. The third-order valence-electron chi connectivity index (χ3n) is 17.2. The molecule has 0 saturated heterocycles. The lowest BCUT2D eigenvalue weighted by atomic mass is 10.1. The number of benzene rings is 12. The molecule has 0 aliphatic heterocycles. The van der Waals surface area contributed by atoms with Crippen LogP contribution in [0.2, 0.25) is 0 Å². The Hall–Kier alpha value is -11.6. The second-order valence-electron chi connectivity index (χ2n) is 21.8. The molecule has 0 spiro atoms. The zero-order valence-corrected chi connectivity index (χ0v) is 44.7. The number of rotatable bonds is 6. The van der Waals surface area contributed by atoms with E-state index in [2.05, 4.69) is 232 Å². The van der Waals surface area contributed by atoms with E-state index in [1.165, 1.54) is 0 Å². The molecule has 7 heterocycles. The van der Waals surface area contributed by atoms with Gasteiger partial charge in [0.15, 0.2) is 17.5 Å². The van der Waals surface area contributed by atoms with Crippen LogP contribution >= 0.6 is 0 Å². The molecule has 0 saturated carbocycles. The first-order chi connectivity index (χ1) is 41.6. The van der Waals surface area contributed by atoms with Crippen LogP contribution in [0, 0.1) is 0 Å². The topological polar surface area (TPSA) is 92.9 Å². The number of furan rings is 3. The van der Waals surface area contributed by atoms with Crippen LogP contribution in [0.5, 0.6) is 0 Å². The van der Waals surface area contributed by atoms with Crippen LogP contribution in [0.1, 0.15) is 0 Å². The van der Waals surface area contributed by atoms with E-state index in [9.17, 15) is 0 Å². The molecule has 19 aromatic rings. The number of para-hydroxylation sites is 6. The highest BCUT2D eigenvalue weighted by Gasteiger charge is 2.24. The summed E-state index contributed by atoms with van der Waals surface area (Å²) in [5.74, 6) is 1.62. The van der Waals surface area contributed by atoms with E-state index < -0.39 is 0 Å². The van der Waals surface area contributed by atoms with Crippen LogP contribution < -0.4 is 0 Å². The molecule has 0 aliphatic carbocycles. The van der Waals surface area contributed by atoms with Gasteiger partial charge >= 0.3 is 0 Å². The highest BCUT2D eigenvalue weighted by atomic mass is 16.3. The minimum absolute atomic E-state index is 0.541. The molecular weight excluding hydrogens is 1030 g/mol. The Bertz CT molecular complexity index is 5430. The van der Waals surface area contributed by atoms with Crippen LogP contribution in [0.4, 0.5) is 0 Å². The van der Waals surface area contributed by atoms with Crippen molar-refractivity contribution in [2.75, 3.05) is 0 Å². The second-order valence-corrected chi connectivity index (χ2v) is 21.8. The number of fused-ring (bicyclic) bond motifs is 21. The quantitative estimate of drug-likeness (QED) is 0.165. The summed E-state index contributed by atoms with van der Waals surface area (Å²) in [4.78, 5) is 16.5. The molecular formula is C75H42N6O3. The van der Waals surface area contributed by atoms with E-state index in [0.717, 1.165) is 165 Å². The summed E-state index contributed by atoms with van der Waals surface area (Å²) in [5.41, 5.74) is 17.0. The summed E-state index contributed by atoms with van der Waals surface area (Å²) in [7, 11) is 0. The van der Waals surface area contributed by atoms with Crippen LogP contribution in [0.15, 0.2) is 268 Å². The molecule has 0 aliphatic rings. The molecule has 7 aromatic heterocycles. The Morgan fingerprint density at radius 3 is 0.833 bits per heavy atom. The van der Waals surface area contributed by atoms with Gasteiger partial charge in [-0.05, 0) is 109 Å². The second kappa shape index (κ2) is 17.0. The van der Waals surface area contributed by atoms with E-state index in [0.29, 0.717) is 17.5 Å². The highest BCUT2D eigenvalue weighted by Crippen LogP contribution is 2.45. The first-order valence-electron chi connectivity index (χ1n) is 28.2.